The summed E-state index contributed by atoms with van der Waals surface area (Å²) in [4.78, 5) is 12.5. The van der Waals surface area contributed by atoms with Crippen LogP contribution >= 0.6 is 43.5 Å². The van der Waals surface area contributed by atoms with Gasteiger partial charge in [-0.3, -0.25) is 4.79 Å². The maximum Gasteiger partial charge on any atom is 0.307 e. The summed E-state index contributed by atoms with van der Waals surface area (Å²) in [5.41, 5.74) is 7.63. The van der Waals surface area contributed by atoms with E-state index < -0.39 is 5.91 Å². The number of hydrazone groups is 1. The molecule has 0 aliphatic carbocycles. The molecular formula is C32H26Br2ClN3O4. The van der Waals surface area contributed by atoms with E-state index in [0.717, 1.165) is 25.8 Å². The Morgan fingerprint density at radius 2 is 1.57 bits per heavy atom. The number of aromatic nitrogens is 1. The number of carbonyl (C=O) groups is 1. The zero-order chi connectivity index (χ0) is 29.6. The summed E-state index contributed by atoms with van der Waals surface area (Å²) in [6, 6.07) is 26.5. The smallest absolute Gasteiger partial charge is 0.307 e. The molecule has 5 aromatic rings. The van der Waals surface area contributed by atoms with Gasteiger partial charge in [0.1, 0.15) is 30.5 Å². The van der Waals surface area contributed by atoms with Crippen molar-refractivity contribution in [3.63, 3.8) is 0 Å². The average Bonchev–Trinajstić information content (AvgIpc) is 3.59. The molecule has 0 bridgehead atoms. The number of nitrogens with zero attached hydrogens (tertiary/aromatic N) is 2. The van der Waals surface area contributed by atoms with Crippen LogP contribution in [0.25, 0.3) is 5.69 Å². The van der Waals surface area contributed by atoms with E-state index in [2.05, 4.69) is 72.9 Å². The molecule has 10 heteroatoms. The summed E-state index contributed by atoms with van der Waals surface area (Å²) < 4.78 is 21.1. The van der Waals surface area contributed by atoms with Crippen LogP contribution in [0.1, 0.15) is 38.8 Å². The Balaban J connectivity index is 1.12. The van der Waals surface area contributed by atoms with Gasteiger partial charge in [-0.2, -0.15) is 5.10 Å². The fourth-order valence-corrected chi connectivity index (χ4v) is 5.82. The molecule has 0 radical (unpaired) electrons. The highest BCUT2D eigenvalue weighted by molar-refractivity contribution is 9.11. The predicted octanol–water partition coefficient (Wildman–Crippen LogP) is 8.79. The molecule has 1 N–H and O–H groups in total. The van der Waals surface area contributed by atoms with Crippen molar-refractivity contribution in [3.8, 4) is 17.2 Å². The summed E-state index contributed by atoms with van der Waals surface area (Å²) in [6.07, 6.45) is 1.53. The fraction of sp³-hybridized carbons (Fsp3) is 0.125. The van der Waals surface area contributed by atoms with Gasteiger partial charge >= 0.3 is 5.91 Å². The first-order valence-electron chi connectivity index (χ1n) is 12.9. The zero-order valence-electron chi connectivity index (χ0n) is 22.7. The maximum atomic E-state index is 12.5. The molecule has 42 heavy (non-hydrogen) atoms. The van der Waals surface area contributed by atoms with E-state index in [-0.39, 0.29) is 12.4 Å². The van der Waals surface area contributed by atoms with E-state index in [1.807, 2.05) is 60.7 Å². The first-order chi connectivity index (χ1) is 20.3. The van der Waals surface area contributed by atoms with E-state index in [1.54, 1.807) is 12.1 Å². The van der Waals surface area contributed by atoms with Gasteiger partial charge < -0.3 is 18.5 Å². The molecule has 7 nitrogen and oxygen atoms in total. The molecule has 5 rings (SSSR count). The van der Waals surface area contributed by atoms with Crippen LogP contribution in [-0.4, -0.2) is 16.7 Å². The summed E-state index contributed by atoms with van der Waals surface area (Å²) in [7, 11) is 0. The van der Waals surface area contributed by atoms with Crippen molar-refractivity contribution >= 4 is 55.6 Å². The van der Waals surface area contributed by atoms with Crippen LogP contribution in [0, 0.1) is 13.8 Å². The lowest BCUT2D eigenvalue weighted by Crippen LogP contribution is -2.16. The van der Waals surface area contributed by atoms with Crippen LogP contribution in [0.4, 0.5) is 0 Å². The zero-order valence-corrected chi connectivity index (χ0v) is 26.7. The van der Waals surface area contributed by atoms with Crippen molar-refractivity contribution in [3.05, 3.63) is 133 Å². The van der Waals surface area contributed by atoms with Gasteiger partial charge in [0, 0.05) is 22.1 Å². The maximum absolute atomic E-state index is 12.5. The van der Waals surface area contributed by atoms with E-state index in [4.69, 9.17) is 25.5 Å². The van der Waals surface area contributed by atoms with Crippen LogP contribution in [0.3, 0.4) is 0 Å². The van der Waals surface area contributed by atoms with Crippen LogP contribution in [-0.2, 0) is 13.2 Å². The lowest BCUT2D eigenvalue weighted by molar-refractivity contribution is 0.0923. The van der Waals surface area contributed by atoms with Gasteiger partial charge in [-0.15, -0.1) is 0 Å². The number of halogens is 3. The molecule has 0 atom stereocenters. The normalized spacial score (nSPS) is 11.2. The Bertz CT molecular complexity index is 1690. The molecule has 0 saturated carbocycles. The first-order valence-corrected chi connectivity index (χ1v) is 14.9. The van der Waals surface area contributed by atoms with Crippen molar-refractivity contribution in [2.45, 2.75) is 27.1 Å². The number of nitrogens with one attached hydrogen (secondary N) is 1. The standard InChI is InChI=1S/C32H26Br2ClN3O4/c1-20-3-4-21(2)38(20)25-9-11-26(12-10-25)40-19-27-13-14-30(42-27)32(39)37-36-17-23-15-28(33)31(29(34)16-23)41-18-22-5-7-24(35)8-6-22/h3-17H,18-19H2,1-2H3,(H,37,39)/b36-17+. The monoisotopic (exact) mass is 709 g/mol. The Morgan fingerprint density at radius 1 is 0.905 bits per heavy atom. The van der Waals surface area contributed by atoms with Crippen LogP contribution in [0.5, 0.6) is 11.5 Å². The fourth-order valence-electron chi connectivity index (χ4n) is 4.25. The summed E-state index contributed by atoms with van der Waals surface area (Å²) in [5.74, 6) is 1.53. The summed E-state index contributed by atoms with van der Waals surface area (Å²) >= 11 is 13.0. The van der Waals surface area contributed by atoms with Gasteiger partial charge in [-0.1, -0.05) is 23.7 Å². The van der Waals surface area contributed by atoms with Crippen molar-refractivity contribution in [2.75, 3.05) is 0 Å². The molecular weight excluding hydrogens is 686 g/mol. The number of rotatable bonds is 10. The largest absolute Gasteiger partial charge is 0.487 e. The molecule has 0 fully saturated rings. The highest BCUT2D eigenvalue weighted by Gasteiger charge is 2.12. The highest BCUT2D eigenvalue weighted by Crippen LogP contribution is 2.35. The Kier molecular flexibility index (Phi) is 9.51. The van der Waals surface area contributed by atoms with E-state index in [0.29, 0.717) is 28.9 Å². The molecule has 3 aromatic carbocycles. The lowest BCUT2D eigenvalue weighted by Gasteiger charge is -2.11. The number of furan rings is 1. The average molecular weight is 712 g/mol. The topological polar surface area (TPSA) is 78.0 Å². The third-order valence-electron chi connectivity index (χ3n) is 6.33. The Morgan fingerprint density at radius 3 is 2.24 bits per heavy atom. The number of amides is 1. The van der Waals surface area contributed by atoms with Gasteiger partial charge in [0.25, 0.3) is 0 Å². The van der Waals surface area contributed by atoms with Crippen LogP contribution in [0.15, 0.2) is 103 Å². The van der Waals surface area contributed by atoms with Gasteiger partial charge in [-0.05, 0) is 130 Å². The molecule has 0 spiro atoms. The lowest BCUT2D eigenvalue weighted by atomic mass is 10.2. The molecule has 0 aliphatic rings. The number of hydrogen-bond acceptors (Lipinski definition) is 5. The first kappa shape index (κ1) is 29.7. The number of carbonyl (C=O) groups excluding carboxylic acids is 1. The SMILES string of the molecule is Cc1ccc(C)n1-c1ccc(OCc2ccc(C(=O)N/N=C/c3cc(Br)c(OCc4ccc(Cl)cc4)c(Br)c3)o2)cc1. The molecule has 2 aromatic heterocycles. The molecule has 0 aliphatic heterocycles. The molecule has 0 unspecified atom stereocenters. The second-order valence-electron chi connectivity index (χ2n) is 9.43. The molecule has 1 amide bonds. The van der Waals surface area contributed by atoms with Gasteiger partial charge in [0.15, 0.2) is 5.76 Å². The van der Waals surface area contributed by atoms with Crippen molar-refractivity contribution in [1.29, 1.82) is 0 Å². The summed E-state index contributed by atoms with van der Waals surface area (Å²) in [6.45, 7) is 4.72. The number of hydrogen-bond donors (Lipinski definition) is 1. The highest BCUT2D eigenvalue weighted by atomic mass is 79.9. The second-order valence-corrected chi connectivity index (χ2v) is 11.6. The minimum atomic E-state index is -0.472. The van der Waals surface area contributed by atoms with Gasteiger partial charge in [0.2, 0.25) is 0 Å². The third-order valence-corrected chi connectivity index (χ3v) is 7.76. The van der Waals surface area contributed by atoms with E-state index >= 15 is 0 Å². The number of aryl methyl sites for hydroxylation is 2. The molecule has 0 saturated heterocycles. The second kappa shape index (κ2) is 13.5. The Hall–Kier alpha value is -3.79. The number of benzene rings is 3. The van der Waals surface area contributed by atoms with Crippen molar-refractivity contribution < 1.29 is 18.7 Å². The number of ether oxygens (including phenoxy) is 2. The molecule has 2 heterocycles. The van der Waals surface area contributed by atoms with Crippen LogP contribution < -0.4 is 14.9 Å². The van der Waals surface area contributed by atoms with Gasteiger partial charge in [-0.25, -0.2) is 5.43 Å². The minimum Gasteiger partial charge on any atom is -0.487 e. The van der Waals surface area contributed by atoms with E-state index in [1.165, 1.54) is 17.6 Å². The predicted molar refractivity (Wildman–Crippen MR) is 171 cm³/mol. The minimum absolute atomic E-state index is 0.132. The third kappa shape index (κ3) is 7.34. The van der Waals surface area contributed by atoms with E-state index in [9.17, 15) is 4.79 Å². The Labute approximate surface area is 265 Å². The molecule has 214 valence electrons. The quantitative estimate of drug-likeness (QED) is 0.116. The van der Waals surface area contributed by atoms with Crippen molar-refractivity contribution in [1.82, 2.24) is 9.99 Å². The van der Waals surface area contributed by atoms with Crippen LogP contribution in [0.2, 0.25) is 5.02 Å². The van der Waals surface area contributed by atoms with Crippen molar-refractivity contribution in [2.24, 2.45) is 5.10 Å². The van der Waals surface area contributed by atoms with Gasteiger partial charge in [0.05, 0.1) is 15.2 Å². The summed E-state index contributed by atoms with van der Waals surface area (Å²) in [5, 5.41) is 4.74.